The molecule has 0 unspecified atom stereocenters. The van der Waals surface area contributed by atoms with Gasteiger partial charge in [0.2, 0.25) is 16.7 Å². The zero-order valence-corrected chi connectivity index (χ0v) is 9.86. The van der Waals surface area contributed by atoms with Gasteiger partial charge in [-0.2, -0.15) is 0 Å². The summed E-state index contributed by atoms with van der Waals surface area (Å²) in [5.41, 5.74) is 0. The van der Waals surface area contributed by atoms with Gasteiger partial charge in [-0.3, -0.25) is 9.59 Å². The monoisotopic (exact) mass is 254 g/mol. The average Bonchev–Trinajstić information content (AvgIpc) is 2.62. The molecule has 90 valence electrons. The Morgan fingerprint density at radius 3 is 2.88 bits per heavy atom. The summed E-state index contributed by atoms with van der Waals surface area (Å²) in [6.45, 7) is 1.54. The normalized spacial score (nSPS) is 15.7. The third-order valence-corrected chi connectivity index (χ3v) is 3.10. The number of aryl methyl sites for hydroxylation is 1. The summed E-state index contributed by atoms with van der Waals surface area (Å²) in [6.07, 6.45) is 1.20. The Labute approximate surface area is 101 Å². The molecule has 0 radical (unpaired) electrons. The van der Waals surface area contributed by atoms with E-state index in [1.165, 1.54) is 22.5 Å². The van der Waals surface area contributed by atoms with Gasteiger partial charge in [0.1, 0.15) is 11.6 Å². The smallest absolute Gasteiger partial charge is 0.240 e. The molecule has 0 atom stereocenters. The van der Waals surface area contributed by atoms with Gasteiger partial charge >= 0.3 is 0 Å². The second-order valence-corrected chi connectivity index (χ2v) is 4.32. The number of nitrogens with zero attached hydrogens (tertiary/aromatic N) is 3. The molecular weight excluding hydrogens is 244 g/mol. The number of aromatic nitrogens is 3. The van der Waals surface area contributed by atoms with E-state index in [4.69, 9.17) is 10.6 Å². The summed E-state index contributed by atoms with van der Waals surface area (Å²) in [5, 5.41) is 8.17. The van der Waals surface area contributed by atoms with E-state index in [1.54, 1.807) is 6.92 Å². The largest absolute Gasteiger partial charge is 0.489 e. The maximum Gasteiger partial charge on any atom is 0.240 e. The molecule has 2 rings (SSSR count). The van der Waals surface area contributed by atoms with Gasteiger partial charge in [-0.05, 0) is 6.92 Å². The van der Waals surface area contributed by atoms with Crippen LogP contribution in [0.2, 0.25) is 0 Å². The Bertz CT molecular complexity index is 508. The molecule has 0 saturated carbocycles. The SMILES string of the molecule is Cc1nnc(SCC2=CC(=O)C(=O)CO2)n1N. The van der Waals surface area contributed by atoms with Crippen molar-refractivity contribution in [2.75, 3.05) is 18.2 Å². The summed E-state index contributed by atoms with van der Waals surface area (Å²) >= 11 is 1.29. The predicted octanol–water partition coefficient (Wildman–Crippen LogP) is -0.555. The molecule has 7 nitrogen and oxygen atoms in total. The number of ketones is 2. The van der Waals surface area contributed by atoms with E-state index in [0.29, 0.717) is 22.5 Å². The van der Waals surface area contributed by atoms with Gasteiger partial charge in [0.25, 0.3) is 0 Å². The lowest BCUT2D eigenvalue weighted by Crippen LogP contribution is -2.23. The Kier molecular flexibility index (Phi) is 3.14. The van der Waals surface area contributed by atoms with Crippen LogP contribution in [0, 0.1) is 6.92 Å². The lowest BCUT2D eigenvalue weighted by atomic mass is 10.2. The molecule has 1 aliphatic rings. The van der Waals surface area contributed by atoms with Crippen LogP contribution in [0.4, 0.5) is 0 Å². The minimum absolute atomic E-state index is 0.195. The molecule has 0 amide bonds. The molecule has 1 aliphatic heterocycles. The molecule has 2 N–H and O–H groups in total. The van der Waals surface area contributed by atoms with Crippen LogP contribution in [0.1, 0.15) is 5.82 Å². The van der Waals surface area contributed by atoms with Crippen LogP contribution in [0.3, 0.4) is 0 Å². The van der Waals surface area contributed by atoms with Crippen LogP contribution in [0.5, 0.6) is 0 Å². The maximum atomic E-state index is 11.1. The summed E-state index contributed by atoms with van der Waals surface area (Å²) in [5.74, 6) is 6.02. The molecule has 2 heterocycles. The van der Waals surface area contributed by atoms with E-state index in [9.17, 15) is 9.59 Å². The number of hydrogen-bond acceptors (Lipinski definition) is 7. The molecule has 0 aliphatic carbocycles. The van der Waals surface area contributed by atoms with Gasteiger partial charge < -0.3 is 10.6 Å². The summed E-state index contributed by atoms with van der Waals surface area (Å²) in [4.78, 5) is 22.0. The lowest BCUT2D eigenvalue weighted by molar-refractivity contribution is -0.137. The van der Waals surface area contributed by atoms with Crippen molar-refractivity contribution in [2.45, 2.75) is 12.1 Å². The third kappa shape index (κ3) is 2.47. The predicted molar refractivity (Wildman–Crippen MR) is 59.7 cm³/mol. The first-order valence-corrected chi connectivity index (χ1v) is 5.77. The zero-order valence-electron chi connectivity index (χ0n) is 9.04. The van der Waals surface area contributed by atoms with Crippen molar-refractivity contribution in [2.24, 2.45) is 0 Å². The number of nitrogen functional groups attached to an aromatic ring is 1. The van der Waals surface area contributed by atoms with E-state index in [0.717, 1.165) is 0 Å². The highest BCUT2D eigenvalue weighted by molar-refractivity contribution is 7.99. The highest BCUT2D eigenvalue weighted by atomic mass is 32.2. The molecule has 0 fully saturated rings. The standard InChI is InChI=1S/C9H10N4O3S/c1-5-11-12-9(13(5)10)17-4-6-2-7(14)8(15)3-16-6/h2H,3-4,10H2,1H3. The fraction of sp³-hybridized carbons (Fsp3) is 0.333. The number of allylic oxidation sites excluding steroid dienone is 1. The van der Waals surface area contributed by atoms with Crippen molar-refractivity contribution < 1.29 is 14.3 Å². The number of nitrogens with two attached hydrogens (primary N) is 1. The number of carbonyl (C=O) groups excluding carboxylic acids is 2. The topological polar surface area (TPSA) is 100 Å². The number of rotatable bonds is 3. The van der Waals surface area contributed by atoms with Crippen molar-refractivity contribution in [1.82, 2.24) is 14.9 Å². The Balaban J connectivity index is 2.00. The number of Topliss-reactive ketones (excluding diaryl/α,β-unsaturated/α-hetero) is 1. The molecule has 1 aromatic rings. The molecular formula is C9H10N4O3S. The van der Waals surface area contributed by atoms with E-state index in [2.05, 4.69) is 10.2 Å². The molecule has 1 aromatic heterocycles. The maximum absolute atomic E-state index is 11.1. The van der Waals surface area contributed by atoms with E-state index >= 15 is 0 Å². The number of thioether (sulfide) groups is 1. The van der Waals surface area contributed by atoms with E-state index in [-0.39, 0.29) is 6.61 Å². The highest BCUT2D eigenvalue weighted by Crippen LogP contribution is 2.19. The van der Waals surface area contributed by atoms with Gasteiger partial charge in [0, 0.05) is 6.08 Å². The minimum atomic E-state index is -0.531. The van der Waals surface area contributed by atoms with Gasteiger partial charge in [-0.15, -0.1) is 10.2 Å². The van der Waals surface area contributed by atoms with Crippen LogP contribution in [-0.4, -0.2) is 38.8 Å². The second-order valence-electron chi connectivity index (χ2n) is 3.38. The molecule has 0 saturated heterocycles. The average molecular weight is 254 g/mol. The second kappa shape index (κ2) is 4.58. The van der Waals surface area contributed by atoms with Crippen molar-refractivity contribution in [3.63, 3.8) is 0 Å². The van der Waals surface area contributed by atoms with Crippen LogP contribution in [0.25, 0.3) is 0 Å². The first kappa shape index (κ1) is 11.6. The lowest BCUT2D eigenvalue weighted by Gasteiger charge is -2.12. The van der Waals surface area contributed by atoms with Crippen molar-refractivity contribution in [3.05, 3.63) is 17.7 Å². The van der Waals surface area contributed by atoms with Crippen molar-refractivity contribution in [3.8, 4) is 0 Å². The number of carbonyl (C=O) groups is 2. The quantitative estimate of drug-likeness (QED) is 0.438. The van der Waals surface area contributed by atoms with Crippen molar-refractivity contribution >= 4 is 23.3 Å². The molecule has 8 heteroatoms. The van der Waals surface area contributed by atoms with Crippen molar-refractivity contribution in [1.29, 1.82) is 0 Å². The summed E-state index contributed by atoms with van der Waals surface area (Å²) in [6, 6.07) is 0. The van der Waals surface area contributed by atoms with Gasteiger partial charge in [0.15, 0.2) is 6.61 Å². The van der Waals surface area contributed by atoms with Gasteiger partial charge in [0.05, 0.1) is 5.75 Å². The fourth-order valence-electron chi connectivity index (χ4n) is 1.17. The molecule has 17 heavy (non-hydrogen) atoms. The fourth-order valence-corrected chi connectivity index (χ4v) is 1.97. The third-order valence-electron chi connectivity index (χ3n) is 2.13. The Morgan fingerprint density at radius 1 is 1.53 bits per heavy atom. The van der Waals surface area contributed by atoms with Gasteiger partial charge in [-0.25, -0.2) is 4.68 Å². The first-order chi connectivity index (χ1) is 8.08. The number of ether oxygens (including phenoxy) is 1. The Hall–Kier alpha value is -1.83. The van der Waals surface area contributed by atoms with E-state index < -0.39 is 11.6 Å². The first-order valence-electron chi connectivity index (χ1n) is 4.78. The molecule has 0 bridgehead atoms. The summed E-state index contributed by atoms with van der Waals surface area (Å²) in [7, 11) is 0. The van der Waals surface area contributed by atoms with Crippen LogP contribution in [0.15, 0.2) is 17.0 Å². The van der Waals surface area contributed by atoms with E-state index in [1.807, 2.05) is 0 Å². The van der Waals surface area contributed by atoms with Crippen LogP contribution >= 0.6 is 11.8 Å². The zero-order chi connectivity index (χ0) is 12.4. The van der Waals surface area contributed by atoms with Crippen LogP contribution in [-0.2, 0) is 14.3 Å². The minimum Gasteiger partial charge on any atom is -0.489 e. The van der Waals surface area contributed by atoms with Gasteiger partial charge in [-0.1, -0.05) is 11.8 Å². The summed E-state index contributed by atoms with van der Waals surface area (Å²) < 4.78 is 6.45. The number of hydrogen-bond donors (Lipinski definition) is 1. The van der Waals surface area contributed by atoms with Crippen LogP contribution < -0.4 is 5.84 Å². The molecule has 0 spiro atoms. The Morgan fingerprint density at radius 2 is 2.29 bits per heavy atom. The highest BCUT2D eigenvalue weighted by Gasteiger charge is 2.20. The molecule has 0 aromatic carbocycles.